The third kappa shape index (κ3) is 2.25. The van der Waals surface area contributed by atoms with Gasteiger partial charge in [-0.1, -0.05) is 24.3 Å². The normalized spacial score (nSPS) is 15.6. The molecule has 1 aliphatic heterocycles. The summed E-state index contributed by atoms with van der Waals surface area (Å²) in [5.41, 5.74) is 6.31. The number of hydrogen-bond acceptors (Lipinski definition) is 3. The molecule has 0 fully saturated rings. The summed E-state index contributed by atoms with van der Waals surface area (Å²) < 4.78 is 6.11. The van der Waals surface area contributed by atoms with Gasteiger partial charge in [-0.15, -0.1) is 0 Å². The molecule has 0 saturated heterocycles. The minimum absolute atomic E-state index is 0.00649. The van der Waals surface area contributed by atoms with Crippen molar-refractivity contribution in [1.82, 2.24) is 0 Å². The summed E-state index contributed by atoms with van der Waals surface area (Å²) in [6.45, 7) is 19.4. The Morgan fingerprint density at radius 3 is 2.48 bits per heavy atom. The van der Waals surface area contributed by atoms with Crippen molar-refractivity contribution in [1.29, 1.82) is 0 Å². The Bertz CT molecular complexity index is 1390. The zero-order chi connectivity index (χ0) is 20.3. The van der Waals surface area contributed by atoms with Crippen molar-refractivity contribution < 1.29 is 4.42 Å². The summed E-state index contributed by atoms with van der Waals surface area (Å²) in [4.78, 5) is 11.6. The van der Waals surface area contributed by atoms with E-state index in [2.05, 4.69) is 51.5 Å². The Morgan fingerprint density at radius 2 is 1.72 bits per heavy atom. The predicted octanol–water partition coefficient (Wildman–Crippen LogP) is 6.93. The lowest BCUT2D eigenvalue weighted by atomic mass is 10.1. The largest absolute Gasteiger partial charge is 0.456 e. The molecule has 4 aromatic rings. The van der Waals surface area contributed by atoms with E-state index in [0.29, 0.717) is 11.4 Å². The molecule has 0 N–H and O–H groups in total. The number of aryl methyl sites for hydroxylation is 1. The summed E-state index contributed by atoms with van der Waals surface area (Å²) in [7, 11) is 2.02. The number of nitrogens with zero attached hydrogens (tertiary/aromatic N) is 4. The van der Waals surface area contributed by atoms with E-state index < -0.39 is 0 Å². The second-order valence-corrected chi connectivity index (χ2v) is 7.37. The third-order valence-electron chi connectivity index (χ3n) is 5.85. The van der Waals surface area contributed by atoms with E-state index in [4.69, 9.17) is 17.6 Å². The predicted molar refractivity (Wildman–Crippen MR) is 117 cm³/mol. The van der Waals surface area contributed by atoms with E-state index in [1.165, 1.54) is 0 Å². The molecule has 0 bridgehead atoms. The van der Waals surface area contributed by atoms with Gasteiger partial charge in [-0.05, 0) is 37.6 Å². The maximum Gasteiger partial charge on any atom is 0.219 e. The molecule has 1 atom stereocenters. The van der Waals surface area contributed by atoms with Gasteiger partial charge < -0.3 is 14.2 Å². The van der Waals surface area contributed by atoms with Crippen LogP contribution in [0.15, 0.2) is 52.9 Å². The number of fused-ring (bicyclic) bond motifs is 4. The van der Waals surface area contributed by atoms with E-state index in [9.17, 15) is 0 Å². The van der Waals surface area contributed by atoms with Crippen LogP contribution >= 0.6 is 0 Å². The van der Waals surface area contributed by atoms with Crippen molar-refractivity contribution in [2.75, 3.05) is 16.8 Å². The Balaban J connectivity index is 1.80. The molecule has 5 nitrogen and oxygen atoms in total. The van der Waals surface area contributed by atoms with Crippen molar-refractivity contribution in [3.63, 3.8) is 0 Å². The van der Waals surface area contributed by atoms with Crippen molar-refractivity contribution in [2.45, 2.75) is 20.0 Å². The summed E-state index contributed by atoms with van der Waals surface area (Å²) in [5, 5.41) is 2.18. The minimum atomic E-state index is 0.00649. The van der Waals surface area contributed by atoms with Gasteiger partial charge in [0.25, 0.3) is 0 Å². The molecule has 5 heteroatoms. The van der Waals surface area contributed by atoms with Gasteiger partial charge in [-0.2, -0.15) is 0 Å². The van der Waals surface area contributed by atoms with Gasteiger partial charge in [0, 0.05) is 35.3 Å². The Kier molecular flexibility index (Phi) is 3.56. The number of furan rings is 1. The molecule has 140 valence electrons. The molecule has 2 heterocycles. The molecule has 1 aromatic heterocycles. The van der Waals surface area contributed by atoms with Crippen LogP contribution in [-0.4, -0.2) is 13.2 Å². The van der Waals surface area contributed by atoms with Gasteiger partial charge in [0.1, 0.15) is 17.3 Å². The van der Waals surface area contributed by atoms with Gasteiger partial charge in [0.05, 0.1) is 18.8 Å². The molecule has 29 heavy (non-hydrogen) atoms. The van der Waals surface area contributed by atoms with Gasteiger partial charge in [0.15, 0.2) is 5.69 Å². The first-order valence-corrected chi connectivity index (χ1v) is 9.41. The number of anilines is 3. The lowest BCUT2D eigenvalue weighted by molar-refractivity contribution is 0.668. The van der Waals surface area contributed by atoms with Crippen molar-refractivity contribution in [3.8, 4) is 0 Å². The van der Waals surface area contributed by atoms with Gasteiger partial charge in [0.2, 0.25) is 5.69 Å². The fourth-order valence-electron chi connectivity index (χ4n) is 4.29. The van der Waals surface area contributed by atoms with Crippen molar-refractivity contribution >= 4 is 50.4 Å². The molecule has 1 aliphatic rings. The van der Waals surface area contributed by atoms with Crippen LogP contribution < -0.4 is 9.80 Å². The molecular weight excluding hydrogens is 360 g/mol. The Labute approximate surface area is 169 Å². The number of rotatable bonds is 1. The first-order chi connectivity index (χ1) is 14.0. The number of hydrogen-bond donors (Lipinski definition) is 0. The molecule has 0 amide bonds. The number of benzene rings is 3. The van der Waals surface area contributed by atoms with Crippen LogP contribution in [0.5, 0.6) is 0 Å². The van der Waals surface area contributed by atoms with Crippen LogP contribution in [0.25, 0.3) is 31.6 Å². The SMILES string of the molecule is [C-]#[N+]c1ccc2c(c1[N+]#[C-])N(c1cc3oc4ccccc4c3cc1C)[C@@H](C)N2C. The maximum atomic E-state index is 7.72. The highest BCUT2D eigenvalue weighted by atomic mass is 16.3. The quantitative estimate of drug-likeness (QED) is 0.336. The smallest absolute Gasteiger partial charge is 0.219 e. The lowest BCUT2D eigenvalue weighted by Crippen LogP contribution is -2.35. The highest BCUT2D eigenvalue weighted by Crippen LogP contribution is 2.53. The fraction of sp³-hybridized carbons (Fsp3) is 0.167. The average molecular weight is 378 g/mol. The van der Waals surface area contributed by atoms with Gasteiger partial charge >= 0.3 is 0 Å². The average Bonchev–Trinajstić information content (AvgIpc) is 3.21. The van der Waals surface area contributed by atoms with Gasteiger partial charge in [-0.25, -0.2) is 4.85 Å². The van der Waals surface area contributed by atoms with E-state index in [1.54, 1.807) is 6.07 Å². The van der Waals surface area contributed by atoms with E-state index in [1.807, 2.05) is 31.3 Å². The molecule has 0 aliphatic carbocycles. The standard InChI is InChI=1S/C24H18N4O/c1-14-12-17-16-8-6-7-9-21(16)29-22(17)13-20(14)28-15(2)27(5)19-11-10-18(25-3)23(26-4)24(19)28/h6-13,15H,1-2,5H3/t15-/m0/s1. The van der Waals surface area contributed by atoms with Crippen molar-refractivity contribution in [2.24, 2.45) is 0 Å². The first kappa shape index (κ1) is 17.2. The van der Waals surface area contributed by atoms with Crippen molar-refractivity contribution in [3.05, 3.63) is 76.9 Å². The molecule has 0 spiro atoms. The molecule has 5 rings (SSSR count). The Hall–Kier alpha value is -3.96. The van der Waals surface area contributed by atoms with Crippen LogP contribution in [0.1, 0.15) is 12.5 Å². The second-order valence-electron chi connectivity index (χ2n) is 7.37. The number of para-hydroxylation sites is 1. The molecule has 3 aromatic carbocycles. The second kappa shape index (κ2) is 6.02. The van der Waals surface area contributed by atoms with Gasteiger partial charge in [-0.3, -0.25) is 4.85 Å². The molecular formula is C24H18N4O. The maximum absolute atomic E-state index is 7.72. The third-order valence-corrected chi connectivity index (χ3v) is 5.85. The summed E-state index contributed by atoms with van der Waals surface area (Å²) in [6, 6.07) is 15.9. The highest BCUT2D eigenvalue weighted by Gasteiger charge is 2.35. The zero-order valence-electron chi connectivity index (χ0n) is 16.4. The van der Waals surface area contributed by atoms with E-state index >= 15 is 0 Å². The summed E-state index contributed by atoms with van der Waals surface area (Å²) in [6.07, 6.45) is 0.00649. The highest BCUT2D eigenvalue weighted by molar-refractivity contribution is 6.07. The molecule has 0 unspecified atom stereocenters. The first-order valence-electron chi connectivity index (χ1n) is 9.41. The van der Waals surface area contributed by atoms with Crippen LogP contribution in [-0.2, 0) is 0 Å². The van der Waals surface area contributed by atoms with Crippen LogP contribution in [0, 0.1) is 20.1 Å². The van der Waals surface area contributed by atoms with E-state index in [-0.39, 0.29) is 6.17 Å². The minimum Gasteiger partial charge on any atom is -0.456 e. The van der Waals surface area contributed by atoms with Crippen LogP contribution in [0.3, 0.4) is 0 Å². The zero-order valence-corrected chi connectivity index (χ0v) is 16.4. The molecule has 0 saturated carbocycles. The fourth-order valence-corrected chi connectivity index (χ4v) is 4.29. The van der Waals surface area contributed by atoms with Crippen LogP contribution in [0.2, 0.25) is 0 Å². The summed E-state index contributed by atoms with van der Waals surface area (Å²) in [5.74, 6) is 0. The van der Waals surface area contributed by atoms with E-state index in [0.717, 1.165) is 44.6 Å². The Morgan fingerprint density at radius 1 is 0.931 bits per heavy atom. The lowest BCUT2D eigenvalue weighted by Gasteiger charge is -2.29. The summed E-state index contributed by atoms with van der Waals surface area (Å²) >= 11 is 0. The van der Waals surface area contributed by atoms with Crippen LogP contribution in [0.4, 0.5) is 28.4 Å². The topological polar surface area (TPSA) is 28.3 Å². The monoisotopic (exact) mass is 378 g/mol. The molecule has 0 radical (unpaired) electrons.